The van der Waals surface area contributed by atoms with Gasteiger partial charge in [-0.1, -0.05) is 5.16 Å². The molecule has 1 heterocycles. The molecule has 2 aliphatic rings. The van der Waals surface area contributed by atoms with Crippen molar-refractivity contribution in [3.63, 3.8) is 0 Å². The van der Waals surface area contributed by atoms with Crippen LogP contribution in [0.3, 0.4) is 0 Å². The van der Waals surface area contributed by atoms with Gasteiger partial charge in [-0.05, 0) is 31.6 Å². The zero-order valence-electron chi connectivity index (χ0n) is 7.24. The second-order valence-electron chi connectivity index (χ2n) is 3.34. The molecule has 0 radical (unpaired) electrons. The molecule has 2 rings (SSSR count). The quantitative estimate of drug-likeness (QED) is 0.584. The Bertz CT molecular complexity index is 302. The molecule has 0 saturated carbocycles. The fourth-order valence-corrected chi connectivity index (χ4v) is 1.66. The van der Waals surface area contributed by atoms with Crippen LogP contribution >= 0.6 is 0 Å². The van der Waals surface area contributed by atoms with E-state index in [2.05, 4.69) is 5.16 Å². The van der Waals surface area contributed by atoms with Crippen molar-refractivity contribution in [3.05, 3.63) is 23.4 Å². The number of oxime groups is 1. The predicted molar refractivity (Wildman–Crippen MR) is 47.5 cm³/mol. The molecule has 0 saturated heterocycles. The van der Waals surface area contributed by atoms with Gasteiger partial charge < -0.3 is 10.6 Å². The van der Waals surface area contributed by atoms with Crippen LogP contribution in [0.4, 0.5) is 0 Å². The molecule has 0 aromatic carbocycles. The molecule has 3 heteroatoms. The molecule has 12 heavy (non-hydrogen) atoms. The second kappa shape index (κ2) is 2.37. The first-order valence-electron chi connectivity index (χ1n) is 4.04. The van der Waals surface area contributed by atoms with E-state index in [0.717, 1.165) is 17.0 Å². The highest BCUT2D eigenvalue weighted by Crippen LogP contribution is 2.29. The molecule has 2 unspecified atom stereocenters. The van der Waals surface area contributed by atoms with Crippen LogP contribution in [0.5, 0.6) is 0 Å². The highest BCUT2D eigenvalue weighted by atomic mass is 16.6. The van der Waals surface area contributed by atoms with Crippen LogP contribution in [0.2, 0.25) is 0 Å². The Hall–Kier alpha value is -1.25. The molecule has 1 aliphatic carbocycles. The average molecular weight is 164 g/mol. The summed E-state index contributed by atoms with van der Waals surface area (Å²) in [6.07, 6.45) is 4.04. The van der Waals surface area contributed by atoms with Crippen LogP contribution in [0, 0.1) is 5.92 Å². The van der Waals surface area contributed by atoms with Gasteiger partial charge in [0.05, 0.1) is 11.6 Å². The molecular formula is C9H12N2O. The first kappa shape index (κ1) is 7.40. The number of nitrogens with two attached hydrogens (primary N) is 1. The number of allylic oxidation sites excluding steroid dienone is 1. The molecule has 64 valence electrons. The van der Waals surface area contributed by atoms with E-state index in [4.69, 9.17) is 10.6 Å². The zero-order valence-corrected chi connectivity index (χ0v) is 7.24. The van der Waals surface area contributed by atoms with Crippen molar-refractivity contribution in [1.82, 2.24) is 0 Å². The van der Waals surface area contributed by atoms with Crippen LogP contribution in [0.15, 0.2) is 28.6 Å². The van der Waals surface area contributed by atoms with E-state index in [1.165, 1.54) is 0 Å². The Kier molecular flexibility index (Phi) is 1.46. The minimum atomic E-state index is 0.0947. The number of hydrogen-bond acceptors (Lipinski definition) is 3. The van der Waals surface area contributed by atoms with E-state index in [1.807, 2.05) is 26.0 Å². The normalized spacial score (nSPS) is 33.0. The number of hydrogen-bond donors (Lipinski definition) is 1. The standard InChI is InChI=1S/C9H12N2O/c1-5-3-7(10)4-8-6(2)11-12-9(5)8/h3-4,8-9H,10H2,1-2H3. The molecule has 0 spiro atoms. The smallest absolute Gasteiger partial charge is 0.160 e. The summed E-state index contributed by atoms with van der Waals surface area (Å²) in [5.41, 5.74) is 8.69. The van der Waals surface area contributed by atoms with Gasteiger partial charge in [0.1, 0.15) is 0 Å². The van der Waals surface area contributed by atoms with Crippen molar-refractivity contribution in [1.29, 1.82) is 0 Å². The average Bonchev–Trinajstić information content (AvgIpc) is 2.33. The lowest BCUT2D eigenvalue weighted by atomic mass is 9.88. The van der Waals surface area contributed by atoms with Crippen LogP contribution in [-0.4, -0.2) is 11.8 Å². The maximum Gasteiger partial charge on any atom is 0.160 e. The van der Waals surface area contributed by atoms with Gasteiger partial charge in [-0.3, -0.25) is 0 Å². The summed E-state index contributed by atoms with van der Waals surface area (Å²) in [6, 6.07) is 0. The number of nitrogens with zero attached hydrogens (tertiary/aromatic N) is 1. The second-order valence-corrected chi connectivity index (χ2v) is 3.34. The Morgan fingerprint density at radius 2 is 2.25 bits per heavy atom. The summed E-state index contributed by atoms with van der Waals surface area (Å²) in [5.74, 6) is 0.259. The molecule has 2 N–H and O–H groups in total. The highest BCUT2D eigenvalue weighted by Gasteiger charge is 2.33. The van der Waals surface area contributed by atoms with Crippen LogP contribution in [0.1, 0.15) is 13.8 Å². The summed E-state index contributed by atoms with van der Waals surface area (Å²) < 4.78 is 0. The number of fused-ring (bicyclic) bond motifs is 1. The monoisotopic (exact) mass is 164 g/mol. The lowest BCUT2D eigenvalue weighted by Gasteiger charge is -2.20. The third kappa shape index (κ3) is 0.932. The molecule has 0 fully saturated rings. The molecule has 2 atom stereocenters. The summed E-state index contributed by atoms with van der Waals surface area (Å²) in [6.45, 7) is 3.98. The molecular weight excluding hydrogens is 152 g/mol. The molecule has 0 amide bonds. The molecule has 1 aliphatic heterocycles. The Balaban J connectivity index is 2.35. The van der Waals surface area contributed by atoms with Crippen molar-refractivity contribution in [2.75, 3.05) is 0 Å². The Morgan fingerprint density at radius 1 is 1.50 bits per heavy atom. The third-order valence-corrected chi connectivity index (χ3v) is 2.33. The van der Waals surface area contributed by atoms with Gasteiger partial charge in [-0.15, -0.1) is 0 Å². The first-order valence-corrected chi connectivity index (χ1v) is 4.04. The van der Waals surface area contributed by atoms with Crippen LogP contribution in [-0.2, 0) is 4.84 Å². The topological polar surface area (TPSA) is 47.6 Å². The van der Waals surface area contributed by atoms with Crippen molar-refractivity contribution in [2.45, 2.75) is 20.0 Å². The Labute approximate surface area is 71.6 Å². The SMILES string of the molecule is CC1=CC(N)=CC2C(C)=NOC12. The molecule has 0 bridgehead atoms. The van der Waals surface area contributed by atoms with Crippen molar-refractivity contribution in [2.24, 2.45) is 16.8 Å². The van der Waals surface area contributed by atoms with E-state index in [9.17, 15) is 0 Å². The van der Waals surface area contributed by atoms with Gasteiger partial charge in [-0.25, -0.2) is 0 Å². The number of rotatable bonds is 0. The summed E-state index contributed by atoms with van der Waals surface area (Å²) >= 11 is 0. The van der Waals surface area contributed by atoms with Crippen LogP contribution < -0.4 is 5.73 Å². The fourth-order valence-electron chi connectivity index (χ4n) is 1.66. The highest BCUT2D eigenvalue weighted by molar-refractivity contribution is 5.88. The predicted octanol–water partition coefficient (Wildman–Crippen LogP) is 1.18. The van der Waals surface area contributed by atoms with E-state index < -0.39 is 0 Å². The van der Waals surface area contributed by atoms with Crippen molar-refractivity contribution in [3.8, 4) is 0 Å². The van der Waals surface area contributed by atoms with Gasteiger partial charge in [0.2, 0.25) is 0 Å². The summed E-state index contributed by atoms with van der Waals surface area (Å²) in [7, 11) is 0. The Morgan fingerprint density at radius 3 is 3.00 bits per heavy atom. The van der Waals surface area contributed by atoms with Gasteiger partial charge >= 0.3 is 0 Å². The van der Waals surface area contributed by atoms with Gasteiger partial charge in [-0.2, -0.15) is 0 Å². The summed E-state index contributed by atoms with van der Waals surface area (Å²) in [5, 5.41) is 3.94. The maximum atomic E-state index is 5.72. The lowest BCUT2D eigenvalue weighted by molar-refractivity contribution is 0.0962. The van der Waals surface area contributed by atoms with Crippen LogP contribution in [0.25, 0.3) is 0 Å². The van der Waals surface area contributed by atoms with Crippen molar-refractivity contribution < 1.29 is 4.84 Å². The first-order chi connectivity index (χ1) is 5.68. The van der Waals surface area contributed by atoms with E-state index in [0.29, 0.717) is 0 Å². The van der Waals surface area contributed by atoms with Crippen molar-refractivity contribution >= 4 is 5.71 Å². The minimum Gasteiger partial charge on any atom is -0.399 e. The van der Waals surface area contributed by atoms with Gasteiger partial charge in [0, 0.05) is 5.70 Å². The molecule has 3 nitrogen and oxygen atoms in total. The van der Waals surface area contributed by atoms with Gasteiger partial charge in [0.15, 0.2) is 6.10 Å². The minimum absolute atomic E-state index is 0.0947. The fraction of sp³-hybridized carbons (Fsp3) is 0.444. The third-order valence-electron chi connectivity index (χ3n) is 2.33. The van der Waals surface area contributed by atoms with E-state index in [1.54, 1.807) is 0 Å². The maximum absolute atomic E-state index is 5.72. The lowest BCUT2D eigenvalue weighted by Crippen LogP contribution is -2.25. The molecule has 0 aromatic heterocycles. The van der Waals surface area contributed by atoms with E-state index in [-0.39, 0.29) is 12.0 Å². The van der Waals surface area contributed by atoms with E-state index >= 15 is 0 Å². The summed E-state index contributed by atoms with van der Waals surface area (Å²) in [4.78, 5) is 5.25. The largest absolute Gasteiger partial charge is 0.399 e. The zero-order chi connectivity index (χ0) is 8.72. The van der Waals surface area contributed by atoms with Gasteiger partial charge in [0.25, 0.3) is 0 Å². The molecule has 0 aromatic rings.